The second-order valence-electron chi connectivity index (χ2n) is 5.34. The monoisotopic (exact) mass is 265 g/mol. The van der Waals surface area contributed by atoms with Crippen LogP contribution < -0.4 is 0 Å². The van der Waals surface area contributed by atoms with E-state index in [9.17, 15) is 4.79 Å². The standard InChI is InChI=1S/C16H15N3O/c20-15-5-3-4-12-8-18(11-14(12)15)9-13-10-19-7-2-1-6-16(19)17-13/h1-2,6-8,10-11H,3-5,9H2. The number of fused-ring (bicyclic) bond motifs is 2. The van der Waals surface area contributed by atoms with Crippen molar-refractivity contribution < 1.29 is 4.79 Å². The van der Waals surface area contributed by atoms with E-state index < -0.39 is 0 Å². The Morgan fingerprint density at radius 3 is 2.95 bits per heavy atom. The van der Waals surface area contributed by atoms with Crippen LogP contribution in [-0.2, 0) is 13.0 Å². The fourth-order valence-corrected chi connectivity index (χ4v) is 2.92. The van der Waals surface area contributed by atoms with Gasteiger partial charge in [0.2, 0.25) is 0 Å². The van der Waals surface area contributed by atoms with E-state index in [0.29, 0.717) is 13.0 Å². The van der Waals surface area contributed by atoms with Gasteiger partial charge in [-0.25, -0.2) is 4.98 Å². The van der Waals surface area contributed by atoms with Crippen LogP contribution >= 0.6 is 0 Å². The van der Waals surface area contributed by atoms with E-state index in [4.69, 9.17) is 0 Å². The first-order chi connectivity index (χ1) is 9.79. The third-order valence-electron chi connectivity index (χ3n) is 3.87. The van der Waals surface area contributed by atoms with Gasteiger partial charge in [0.05, 0.1) is 12.2 Å². The van der Waals surface area contributed by atoms with Crippen molar-refractivity contribution in [2.75, 3.05) is 0 Å². The lowest BCUT2D eigenvalue weighted by atomic mass is 9.95. The Bertz CT molecular complexity index is 764. The van der Waals surface area contributed by atoms with Gasteiger partial charge in [-0.2, -0.15) is 0 Å². The maximum absolute atomic E-state index is 11.9. The average Bonchev–Trinajstić information content (AvgIpc) is 3.02. The van der Waals surface area contributed by atoms with Crippen LogP contribution in [0.1, 0.15) is 34.5 Å². The number of Topliss-reactive ketones (excluding diaryl/α,β-unsaturated/α-hetero) is 1. The van der Waals surface area contributed by atoms with Crippen molar-refractivity contribution in [1.29, 1.82) is 0 Å². The van der Waals surface area contributed by atoms with Crippen LogP contribution in [0.25, 0.3) is 5.65 Å². The highest BCUT2D eigenvalue weighted by Crippen LogP contribution is 2.22. The zero-order valence-electron chi connectivity index (χ0n) is 11.1. The molecule has 0 spiro atoms. The zero-order chi connectivity index (χ0) is 13.5. The normalized spacial score (nSPS) is 14.7. The predicted molar refractivity (Wildman–Crippen MR) is 76.0 cm³/mol. The van der Waals surface area contributed by atoms with Crippen molar-refractivity contribution in [3.05, 3.63) is 59.8 Å². The Balaban J connectivity index is 1.67. The molecule has 0 aromatic carbocycles. The molecule has 0 atom stereocenters. The first-order valence-corrected chi connectivity index (χ1v) is 6.94. The molecule has 1 aliphatic carbocycles. The Morgan fingerprint density at radius 2 is 2.10 bits per heavy atom. The van der Waals surface area contributed by atoms with Gasteiger partial charge in [0.15, 0.2) is 5.78 Å². The molecule has 3 aromatic heterocycles. The van der Waals surface area contributed by atoms with Gasteiger partial charge < -0.3 is 8.97 Å². The summed E-state index contributed by atoms with van der Waals surface area (Å²) in [7, 11) is 0. The maximum atomic E-state index is 11.9. The smallest absolute Gasteiger partial charge is 0.164 e. The molecule has 0 radical (unpaired) electrons. The molecule has 0 aliphatic heterocycles. The number of ketones is 1. The summed E-state index contributed by atoms with van der Waals surface area (Å²) in [6, 6.07) is 5.97. The number of hydrogen-bond acceptors (Lipinski definition) is 2. The number of nitrogens with zero attached hydrogens (tertiary/aromatic N) is 3. The summed E-state index contributed by atoms with van der Waals surface area (Å²) < 4.78 is 4.10. The lowest BCUT2D eigenvalue weighted by molar-refractivity contribution is 0.0973. The topological polar surface area (TPSA) is 39.3 Å². The SMILES string of the molecule is O=C1CCCc2cn(Cc3cn4ccccc4n3)cc21. The lowest BCUT2D eigenvalue weighted by Gasteiger charge is -2.07. The first kappa shape index (κ1) is 11.5. The van der Waals surface area contributed by atoms with Crippen molar-refractivity contribution >= 4 is 11.4 Å². The minimum atomic E-state index is 0.278. The van der Waals surface area contributed by atoms with E-state index in [1.165, 1.54) is 5.56 Å². The van der Waals surface area contributed by atoms with Gasteiger partial charge in [-0.1, -0.05) is 6.07 Å². The van der Waals surface area contributed by atoms with Gasteiger partial charge in [0.1, 0.15) is 5.65 Å². The lowest BCUT2D eigenvalue weighted by Crippen LogP contribution is -2.07. The summed E-state index contributed by atoms with van der Waals surface area (Å²) in [5.74, 6) is 0.278. The molecular formula is C16H15N3O. The molecule has 4 rings (SSSR count). The molecule has 0 fully saturated rings. The summed E-state index contributed by atoms with van der Waals surface area (Å²) in [5, 5.41) is 0. The van der Waals surface area contributed by atoms with Crippen LogP contribution in [0, 0.1) is 0 Å². The number of hydrogen-bond donors (Lipinski definition) is 0. The summed E-state index contributed by atoms with van der Waals surface area (Å²) >= 11 is 0. The zero-order valence-corrected chi connectivity index (χ0v) is 11.1. The van der Waals surface area contributed by atoms with E-state index in [1.54, 1.807) is 0 Å². The van der Waals surface area contributed by atoms with E-state index >= 15 is 0 Å². The first-order valence-electron chi connectivity index (χ1n) is 6.94. The molecule has 4 nitrogen and oxygen atoms in total. The van der Waals surface area contributed by atoms with Crippen molar-refractivity contribution in [2.24, 2.45) is 0 Å². The summed E-state index contributed by atoms with van der Waals surface area (Å²) in [5.41, 5.74) is 4.05. The maximum Gasteiger partial charge on any atom is 0.164 e. The molecule has 0 N–H and O–H groups in total. The van der Waals surface area contributed by atoms with Crippen molar-refractivity contribution in [3.8, 4) is 0 Å². The number of carbonyl (C=O) groups is 1. The van der Waals surface area contributed by atoms with Crippen LogP contribution in [0.4, 0.5) is 0 Å². The second kappa shape index (κ2) is 4.34. The second-order valence-corrected chi connectivity index (χ2v) is 5.34. The predicted octanol–water partition coefficient (Wildman–Crippen LogP) is 2.70. The third kappa shape index (κ3) is 1.84. The van der Waals surface area contributed by atoms with Gasteiger partial charge in [-0.15, -0.1) is 0 Å². The average molecular weight is 265 g/mol. The quantitative estimate of drug-likeness (QED) is 0.714. The van der Waals surface area contributed by atoms with Crippen LogP contribution in [0.3, 0.4) is 0 Å². The van der Waals surface area contributed by atoms with Gasteiger partial charge in [0.25, 0.3) is 0 Å². The molecule has 0 amide bonds. The molecule has 100 valence electrons. The van der Waals surface area contributed by atoms with Crippen molar-refractivity contribution in [1.82, 2.24) is 14.0 Å². The highest BCUT2D eigenvalue weighted by Gasteiger charge is 2.19. The highest BCUT2D eigenvalue weighted by molar-refractivity contribution is 5.98. The molecule has 0 saturated carbocycles. The minimum absolute atomic E-state index is 0.278. The van der Waals surface area contributed by atoms with Crippen molar-refractivity contribution in [2.45, 2.75) is 25.8 Å². The molecule has 0 unspecified atom stereocenters. The van der Waals surface area contributed by atoms with E-state index in [-0.39, 0.29) is 5.78 Å². The summed E-state index contributed by atoms with van der Waals surface area (Å²) in [6.45, 7) is 0.710. The molecule has 3 heterocycles. The molecule has 0 bridgehead atoms. The molecule has 20 heavy (non-hydrogen) atoms. The number of pyridine rings is 1. The van der Waals surface area contributed by atoms with Gasteiger partial charge in [-0.3, -0.25) is 4.79 Å². The van der Waals surface area contributed by atoms with Gasteiger partial charge in [0, 0.05) is 36.8 Å². The number of imidazole rings is 1. The summed E-state index contributed by atoms with van der Waals surface area (Å²) in [4.78, 5) is 16.4. The highest BCUT2D eigenvalue weighted by atomic mass is 16.1. The van der Waals surface area contributed by atoms with Crippen molar-refractivity contribution in [3.63, 3.8) is 0 Å². The molecule has 3 aromatic rings. The minimum Gasteiger partial charge on any atom is -0.347 e. The third-order valence-corrected chi connectivity index (χ3v) is 3.87. The largest absolute Gasteiger partial charge is 0.347 e. The molecular weight excluding hydrogens is 250 g/mol. The number of aromatic nitrogens is 3. The van der Waals surface area contributed by atoms with Gasteiger partial charge >= 0.3 is 0 Å². The summed E-state index contributed by atoms with van der Waals surface area (Å²) in [6.07, 6.45) is 10.8. The Kier molecular flexibility index (Phi) is 2.49. The van der Waals surface area contributed by atoms with Gasteiger partial charge in [-0.05, 0) is 30.5 Å². The Hall–Kier alpha value is -2.36. The number of aryl methyl sites for hydroxylation is 1. The fourth-order valence-electron chi connectivity index (χ4n) is 2.92. The van der Waals surface area contributed by atoms with E-state index in [2.05, 4.69) is 15.7 Å². The van der Waals surface area contributed by atoms with Crippen LogP contribution in [0.5, 0.6) is 0 Å². The van der Waals surface area contributed by atoms with Crippen LogP contribution in [0.2, 0.25) is 0 Å². The molecule has 1 aliphatic rings. The fraction of sp³-hybridized carbons (Fsp3) is 0.250. The molecule has 0 saturated heterocycles. The Morgan fingerprint density at radius 1 is 1.15 bits per heavy atom. The van der Waals surface area contributed by atoms with Crippen LogP contribution in [0.15, 0.2) is 43.0 Å². The molecule has 4 heteroatoms. The number of rotatable bonds is 2. The Labute approximate surface area is 116 Å². The number of carbonyl (C=O) groups excluding carboxylic acids is 1. The van der Waals surface area contributed by atoms with E-state index in [1.807, 2.05) is 41.2 Å². The van der Waals surface area contributed by atoms with E-state index in [0.717, 1.165) is 29.7 Å². The van der Waals surface area contributed by atoms with Crippen LogP contribution in [-0.4, -0.2) is 19.7 Å².